The number of hydrogen-bond donors (Lipinski definition) is 0. The average molecular weight is 1060 g/mol. The first-order chi connectivity index (χ1) is 37.5. The van der Waals surface area contributed by atoms with E-state index in [0.29, 0.717) is 19.3 Å². The number of carbonyl (C=O) groups excluding carboxylic acids is 3. The van der Waals surface area contributed by atoms with E-state index in [9.17, 15) is 14.4 Å². The Morgan fingerprint density at radius 1 is 0.276 bits per heavy atom. The SMILES string of the molecule is CC/C=C\C/C=C\C/C=C\C/C=C\CCCCCCC(=O)OC(COC(=O)CCCCCCC/C=C\C/C=C\CCCCCC)COC(=O)CCCCCCCCCCCCCCC/C=C\C/C=C\CCCCCCC. The lowest BCUT2D eigenvalue weighted by atomic mass is 10.0. The van der Waals surface area contributed by atoms with Crippen molar-refractivity contribution in [1.82, 2.24) is 0 Å². The fourth-order valence-corrected chi connectivity index (χ4v) is 8.97. The largest absolute Gasteiger partial charge is 0.462 e. The van der Waals surface area contributed by atoms with Gasteiger partial charge in [-0.1, -0.05) is 266 Å². The Morgan fingerprint density at radius 2 is 0.513 bits per heavy atom. The zero-order valence-corrected chi connectivity index (χ0v) is 50.0. The van der Waals surface area contributed by atoms with Gasteiger partial charge in [-0.2, -0.15) is 0 Å². The molecule has 0 aliphatic rings. The van der Waals surface area contributed by atoms with Gasteiger partial charge >= 0.3 is 17.9 Å². The van der Waals surface area contributed by atoms with Crippen LogP contribution in [0.25, 0.3) is 0 Å². The Kier molecular flexibility index (Phi) is 60.8. The molecule has 1 atom stereocenters. The molecule has 0 aromatic carbocycles. The molecule has 6 nitrogen and oxygen atoms in total. The molecule has 0 radical (unpaired) electrons. The number of hydrogen-bond acceptors (Lipinski definition) is 6. The number of ether oxygens (including phenoxy) is 3. The summed E-state index contributed by atoms with van der Waals surface area (Å²) in [6.07, 6.45) is 85.5. The second-order valence-electron chi connectivity index (χ2n) is 21.3. The van der Waals surface area contributed by atoms with Crippen LogP contribution in [0, 0.1) is 0 Å². The van der Waals surface area contributed by atoms with E-state index in [4.69, 9.17) is 14.2 Å². The van der Waals surface area contributed by atoms with Crippen molar-refractivity contribution in [3.8, 4) is 0 Å². The molecule has 0 amide bonds. The topological polar surface area (TPSA) is 78.9 Å². The smallest absolute Gasteiger partial charge is 0.306 e. The van der Waals surface area contributed by atoms with Gasteiger partial charge in [0.2, 0.25) is 0 Å². The Bertz CT molecular complexity index is 1490. The molecule has 1 unspecified atom stereocenters. The van der Waals surface area contributed by atoms with Gasteiger partial charge in [0.15, 0.2) is 6.10 Å². The van der Waals surface area contributed by atoms with Crippen LogP contribution in [-0.2, 0) is 28.6 Å². The van der Waals surface area contributed by atoms with Crippen molar-refractivity contribution in [3.63, 3.8) is 0 Å². The predicted molar refractivity (Wildman–Crippen MR) is 330 cm³/mol. The van der Waals surface area contributed by atoms with Crippen molar-refractivity contribution in [2.24, 2.45) is 0 Å². The third-order valence-corrected chi connectivity index (χ3v) is 13.8. The van der Waals surface area contributed by atoms with E-state index in [0.717, 1.165) is 128 Å². The van der Waals surface area contributed by atoms with Crippen LogP contribution < -0.4 is 0 Å². The molecule has 0 fully saturated rings. The first-order valence-electron chi connectivity index (χ1n) is 32.2. The highest BCUT2D eigenvalue weighted by Crippen LogP contribution is 2.16. The summed E-state index contributed by atoms with van der Waals surface area (Å²) >= 11 is 0. The van der Waals surface area contributed by atoms with Crippen molar-refractivity contribution in [1.29, 1.82) is 0 Å². The van der Waals surface area contributed by atoms with Gasteiger partial charge in [-0.05, 0) is 122 Å². The van der Waals surface area contributed by atoms with E-state index in [1.54, 1.807) is 0 Å². The van der Waals surface area contributed by atoms with Crippen LogP contribution >= 0.6 is 0 Å². The molecule has 0 heterocycles. The lowest BCUT2D eigenvalue weighted by Gasteiger charge is -2.18. The fraction of sp³-hybridized carbons (Fsp3) is 0.729. The number of esters is 3. The monoisotopic (exact) mass is 1060 g/mol. The molecule has 0 aromatic rings. The van der Waals surface area contributed by atoms with Gasteiger partial charge < -0.3 is 14.2 Å². The third-order valence-electron chi connectivity index (χ3n) is 13.8. The highest BCUT2D eigenvalue weighted by Gasteiger charge is 2.19. The molecule has 76 heavy (non-hydrogen) atoms. The summed E-state index contributed by atoms with van der Waals surface area (Å²) < 4.78 is 16.9. The van der Waals surface area contributed by atoms with Crippen LogP contribution in [0.15, 0.2) is 97.2 Å². The Labute approximate surface area is 470 Å². The zero-order chi connectivity index (χ0) is 55.0. The van der Waals surface area contributed by atoms with E-state index in [1.807, 2.05) is 0 Å². The minimum absolute atomic E-state index is 0.0920. The molecular weight excluding hydrogens is 937 g/mol. The van der Waals surface area contributed by atoms with Crippen molar-refractivity contribution >= 4 is 17.9 Å². The first kappa shape index (κ1) is 72.3. The van der Waals surface area contributed by atoms with E-state index >= 15 is 0 Å². The summed E-state index contributed by atoms with van der Waals surface area (Å²) in [4.78, 5) is 38.3. The van der Waals surface area contributed by atoms with Crippen molar-refractivity contribution in [2.45, 2.75) is 316 Å². The van der Waals surface area contributed by atoms with E-state index in [1.165, 1.54) is 141 Å². The maximum absolute atomic E-state index is 12.9. The number of allylic oxidation sites excluding steroid dienone is 16. The molecule has 0 rings (SSSR count). The van der Waals surface area contributed by atoms with Crippen LogP contribution in [0.4, 0.5) is 0 Å². The second kappa shape index (κ2) is 63.9. The molecular formula is C70H120O6. The van der Waals surface area contributed by atoms with Crippen molar-refractivity contribution in [3.05, 3.63) is 97.2 Å². The molecule has 436 valence electrons. The summed E-state index contributed by atoms with van der Waals surface area (Å²) in [6, 6.07) is 0. The predicted octanol–water partition coefficient (Wildman–Crippen LogP) is 22.0. The summed E-state index contributed by atoms with van der Waals surface area (Å²) in [6.45, 7) is 6.49. The van der Waals surface area contributed by atoms with Crippen molar-refractivity contribution < 1.29 is 28.6 Å². The highest BCUT2D eigenvalue weighted by atomic mass is 16.6. The van der Waals surface area contributed by atoms with Crippen LogP contribution in [-0.4, -0.2) is 37.2 Å². The molecule has 0 bridgehead atoms. The van der Waals surface area contributed by atoms with Gasteiger partial charge in [-0.25, -0.2) is 0 Å². The molecule has 0 saturated carbocycles. The molecule has 0 aliphatic heterocycles. The van der Waals surface area contributed by atoms with Gasteiger partial charge in [0.25, 0.3) is 0 Å². The fourth-order valence-electron chi connectivity index (χ4n) is 8.97. The van der Waals surface area contributed by atoms with Gasteiger partial charge in [-0.3, -0.25) is 14.4 Å². The van der Waals surface area contributed by atoms with Crippen LogP contribution in [0.1, 0.15) is 310 Å². The van der Waals surface area contributed by atoms with Crippen LogP contribution in [0.2, 0.25) is 0 Å². The van der Waals surface area contributed by atoms with E-state index in [-0.39, 0.29) is 31.1 Å². The molecule has 0 aliphatic carbocycles. The number of carbonyl (C=O) groups is 3. The lowest BCUT2D eigenvalue weighted by Crippen LogP contribution is -2.30. The maximum atomic E-state index is 12.9. The lowest BCUT2D eigenvalue weighted by molar-refractivity contribution is -0.167. The van der Waals surface area contributed by atoms with Gasteiger partial charge in [0, 0.05) is 19.3 Å². The average Bonchev–Trinajstić information content (AvgIpc) is 3.42. The number of unbranched alkanes of at least 4 members (excludes halogenated alkanes) is 31. The summed E-state index contributed by atoms with van der Waals surface area (Å²) in [5, 5.41) is 0. The highest BCUT2D eigenvalue weighted by molar-refractivity contribution is 5.71. The Balaban J connectivity index is 4.37. The van der Waals surface area contributed by atoms with Gasteiger partial charge in [-0.15, -0.1) is 0 Å². The molecule has 0 N–H and O–H groups in total. The Morgan fingerprint density at radius 3 is 0.816 bits per heavy atom. The van der Waals surface area contributed by atoms with Crippen LogP contribution in [0.3, 0.4) is 0 Å². The quantitative estimate of drug-likeness (QED) is 0.0261. The standard InChI is InChI=1S/C70H120O6/c1-4-7-10-13-16-19-22-25-28-31-32-33-34-35-36-37-38-40-42-45-48-51-54-57-60-63-69(72)75-66-67(65-74-68(71)62-59-56-53-50-47-44-41-30-27-24-21-18-15-12-9-6-3)76-70(73)64-61-58-55-52-49-46-43-39-29-26-23-20-17-14-11-8-5-2/h8,11,17,20-22,24-26,29-32,41,43,46,67H,4-7,9-10,12-16,18-19,23,27-28,33-40,42,44-45,47-66H2,1-3H3/b11-8-,20-17-,24-21-,25-22-,29-26-,32-31-,41-30-,46-43-. The Hall–Kier alpha value is -3.67. The van der Waals surface area contributed by atoms with E-state index < -0.39 is 6.10 Å². The molecule has 0 saturated heterocycles. The first-order valence-corrected chi connectivity index (χ1v) is 32.2. The molecule has 6 heteroatoms. The molecule has 0 spiro atoms. The summed E-state index contributed by atoms with van der Waals surface area (Å²) in [5.41, 5.74) is 0. The van der Waals surface area contributed by atoms with Gasteiger partial charge in [0.05, 0.1) is 0 Å². The van der Waals surface area contributed by atoms with Crippen LogP contribution in [0.5, 0.6) is 0 Å². The summed E-state index contributed by atoms with van der Waals surface area (Å²) in [7, 11) is 0. The number of rotatable bonds is 58. The van der Waals surface area contributed by atoms with Gasteiger partial charge in [0.1, 0.15) is 13.2 Å². The minimum Gasteiger partial charge on any atom is -0.462 e. The third kappa shape index (κ3) is 61.2. The van der Waals surface area contributed by atoms with Crippen molar-refractivity contribution in [2.75, 3.05) is 13.2 Å². The summed E-state index contributed by atoms with van der Waals surface area (Å²) in [5.74, 6) is -0.922. The maximum Gasteiger partial charge on any atom is 0.306 e. The van der Waals surface area contributed by atoms with E-state index in [2.05, 4.69) is 118 Å². The zero-order valence-electron chi connectivity index (χ0n) is 50.0. The molecule has 0 aromatic heterocycles. The normalized spacial score (nSPS) is 12.7. The minimum atomic E-state index is -0.799. The second-order valence-corrected chi connectivity index (χ2v) is 21.3.